The zero-order chi connectivity index (χ0) is 14.6. The summed E-state index contributed by atoms with van der Waals surface area (Å²) in [4.78, 5) is 0.0947. The average Bonchev–Trinajstić information content (AvgIpc) is 2.45. The van der Waals surface area contributed by atoms with Crippen molar-refractivity contribution in [1.82, 2.24) is 0 Å². The zero-order valence-electron chi connectivity index (χ0n) is 11.0. The molecule has 0 radical (unpaired) electrons. The first-order valence-electron chi connectivity index (χ1n) is 5.99. The fraction of sp³-hybridized carbons (Fsp3) is 0.143. The van der Waals surface area contributed by atoms with Gasteiger partial charge in [0, 0.05) is 12.2 Å². The molecule has 2 rings (SSSR count). The van der Waals surface area contributed by atoms with Gasteiger partial charge in [0.1, 0.15) is 5.75 Å². The van der Waals surface area contributed by atoms with Gasteiger partial charge in [-0.15, -0.1) is 0 Å². The Hall–Kier alpha value is -2.05. The Labute approximate surface area is 118 Å². The summed E-state index contributed by atoms with van der Waals surface area (Å²) in [6, 6.07) is 14.0. The number of methoxy groups -OCH3 is 1. The van der Waals surface area contributed by atoms with Crippen molar-refractivity contribution in [3.05, 3.63) is 54.1 Å². The van der Waals surface area contributed by atoms with Gasteiger partial charge in [0.05, 0.1) is 12.0 Å². The van der Waals surface area contributed by atoms with Gasteiger partial charge in [0.2, 0.25) is 10.0 Å². The second kappa shape index (κ2) is 5.94. The Morgan fingerprint density at radius 2 is 1.85 bits per heavy atom. The molecule has 0 spiro atoms. The number of primary sulfonamides is 1. The van der Waals surface area contributed by atoms with Crippen LogP contribution in [0.15, 0.2) is 53.4 Å². The molecule has 0 aliphatic heterocycles. The monoisotopic (exact) mass is 292 g/mol. The molecule has 20 heavy (non-hydrogen) atoms. The molecule has 6 heteroatoms. The summed E-state index contributed by atoms with van der Waals surface area (Å²) in [6.45, 7) is 0.581. The highest BCUT2D eigenvalue weighted by atomic mass is 32.2. The number of rotatable bonds is 5. The topological polar surface area (TPSA) is 81.4 Å². The molecular weight excluding hydrogens is 276 g/mol. The highest BCUT2D eigenvalue weighted by Crippen LogP contribution is 2.16. The summed E-state index contributed by atoms with van der Waals surface area (Å²) in [5.41, 5.74) is 1.76. The van der Waals surface area contributed by atoms with Crippen LogP contribution >= 0.6 is 0 Å². The summed E-state index contributed by atoms with van der Waals surface area (Å²) in [5, 5.41) is 8.25. The third-order valence-electron chi connectivity index (χ3n) is 2.82. The Morgan fingerprint density at radius 3 is 2.45 bits per heavy atom. The van der Waals surface area contributed by atoms with Gasteiger partial charge >= 0.3 is 0 Å². The van der Waals surface area contributed by atoms with Gasteiger partial charge < -0.3 is 10.1 Å². The SMILES string of the molecule is COc1ccc(CNc2cccc(S(N)(=O)=O)c2)cc1. The van der Waals surface area contributed by atoms with Crippen LogP contribution in [0.5, 0.6) is 5.75 Å². The molecule has 5 nitrogen and oxygen atoms in total. The first-order valence-corrected chi connectivity index (χ1v) is 7.53. The maximum absolute atomic E-state index is 11.3. The van der Waals surface area contributed by atoms with Crippen LogP contribution in [0.3, 0.4) is 0 Å². The molecule has 0 fully saturated rings. The number of ether oxygens (including phenoxy) is 1. The first kappa shape index (κ1) is 14.4. The van der Waals surface area contributed by atoms with E-state index < -0.39 is 10.0 Å². The largest absolute Gasteiger partial charge is 0.497 e. The molecule has 0 saturated heterocycles. The number of sulfonamides is 1. The molecule has 0 unspecified atom stereocenters. The van der Waals surface area contributed by atoms with Gasteiger partial charge in [-0.3, -0.25) is 0 Å². The van der Waals surface area contributed by atoms with Crippen molar-refractivity contribution in [2.75, 3.05) is 12.4 Å². The van der Waals surface area contributed by atoms with Crippen LogP contribution in [0.4, 0.5) is 5.69 Å². The Kier molecular flexibility index (Phi) is 4.26. The van der Waals surface area contributed by atoms with Gasteiger partial charge in [0.15, 0.2) is 0 Å². The van der Waals surface area contributed by atoms with E-state index in [-0.39, 0.29) is 4.90 Å². The van der Waals surface area contributed by atoms with Crippen LogP contribution in [0.25, 0.3) is 0 Å². The molecule has 0 bridgehead atoms. The summed E-state index contributed by atoms with van der Waals surface area (Å²) in [6.07, 6.45) is 0. The molecule has 0 atom stereocenters. The number of nitrogens with one attached hydrogen (secondary N) is 1. The fourth-order valence-corrected chi connectivity index (χ4v) is 2.29. The van der Waals surface area contributed by atoms with E-state index >= 15 is 0 Å². The molecular formula is C14H16N2O3S. The first-order chi connectivity index (χ1) is 9.49. The van der Waals surface area contributed by atoms with Gasteiger partial charge in [0.25, 0.3) is 0 Å². The van der Waals surface area contributed by atoms with E-state index in [1.165, 1.54) is 12.1 Å². The summed E-state index contributed by atoms with van der Waals surface area (Å²) < 4.78 is 27.6. The van der Waals surface area contributed by atoms with Crippen molar-refractivity contribution in [1.29, 1.82) is 0 Å². The number of nitrogens with two attached hydrogens (primary N) is 1. The predicted octanol–water partition coefficient (Wildman–Crippen LogP) is 1.95. The second-order valence-electron chi connectivity index (χ2n) is 4.27. The molecule has 3 N–H and O–H groups in total. The average molecular weight is 292 g/mol. The lowest BCUT2D eigenvalue weighted by molar-refractivity contribution is 0.414. The van der Waals surface area contributed by atoms with Crippen molar-refractivity contribution < 1.29 is 13.2 Å². The van der Waals surface area contributed by atoms with Crippen molar-refractivity contribution in [3.8, 4) is 5.75 Å². The minimum absolute atomic E-state index is 0.0947. The number of hydrogen-bond acceptors (Lipinski definition) is 4. The van der Waals surface area contributed by atoms with Gasteiger partial charge in [-0.1, -0.05) is 18.2 Å². The minimum Gasteiger partial charge on any atom is -0.497 e. The van der Waals surface area contributed by atoms with Crippen molar-refractivity contribution >= 4 is 15.7 Å². The minimum atomic E-state index is -3.67. The second-order valence-corrected chi connectivity index (χ2v) is 5.84. The van der Waals surface area contributed by atoms with Crippen LogP contribution in [0.2, 0.25) is 0 Å². The molecule has 0 aromatic heterocycles. The van der Waals surface area contributed by atoms with Crippen molar-refractivity contribution in [2.24, 2.45) is 5.14 Å². The molecule has 2 aromatic carbocycles. The van der Waals surface area contributed by atoms with E-state index in [1.807, 2.05) is 24.3 Å². The Bertz CT molecular complexity index is 682. The summed E-state index contributed by atoms with van der Waals surface area (Å²) >= 11 is 0. The standard InChI is InChI=1S/C14H16N2O3S/c1-19-13-7-5-11(6-8-13)10-16-12-3-2-4-14(9-12)20(15,17)18/h2-9,16H,10H2,1H3,(H2,15,17,18). The molecule has 2 aromatic rings. The lowest BCUT2D eigenvalue weighted by Gasteiger charge is -2.08. The number of anilines is 1. The Morgan fingerprint density at radius 1 is 1.15 bits per heavy atom. The van der Waals surface area contributed by atoms with Crippen LogP contribution in [-0.4, -0.2) is 15.5 Å². The smallest absolute Gasteiger partial charge is 0.238 e. The third-order valence-corrected chi connectivity index (χ3v) is 3.73. The van der Waals surface area contributed by atoms with E-state index in [0.29, 0.717) is 12.2 Å². The zero-order valence-corrected chi connectivity index (χ0v) is 11.9. The highest BCUT2D eigenvalue weighted by molar-refractivity contribution is 7.89. The predicted molar refractivity (Wildman–Crippen MR) is 78.1 cm³/mol. The lowest BCUT2D eigenvalue weighted by atomic mass is 10.2. The molecule has 0 aliphatic carbocycles. The molecule has 0 heterocycles. The molecule has 0 aliphatic rings. The lowest BCUT2D eigenvalue weighted by Crippen LogP contribution is -2.12. The molecule has 106 valence electrons. The van der Waals surface area contributed by atoms with Gasteiger partial charge in [-0.05, 0) is 35.9 Å². The fourth-order valence-electron chi connectivity index (χ4n) is 1.73. The maximum atomic E-state index is 11.3. The third kappa shape index (κ3) is 3.72. The van der Waals surface area contributed by atoms with Crippen LogP contribution in [0.1, 0.15) is 5.56 Å². The van der Waals surface area contributed by atoms with E-state index in [9.17, 15) is 8.42 Å². The van der Waals surface area contributed by atoms with E-state index in [4.69, 9.17) is 9.88 Å². The van der Waals surface area contributed by atoms with Crippen molar-refractivity contribution in [3.63, 3.8) is 0 Å². The maximum Gasteiger partial charge on any atom is 0.238 e. The quantitative estimate of drug-likeness (QED) is 0.882. The highest BCUT2D eigenvalue weighted by Gasteiger charge is 2.07. The summed E-state index contributed by atoms with van der Waals surface area (Å²) in [7, 11) is -2.06. The van der Waals surface area contributed by atoms with Crippen LogP contribution in [-0.2, 0) is 16.6 Å². The normalized spacial score (nSPS) is 11.1. The molecule has 0 saturated carbocycles. The van der Waals surface area contributed by atoms with E-state index in [2.05, 4.69) is 5.32 Å². The van der Waals surface area contributed by atoms with Gasteiger partial charge in [-0.25, -0.2) is 13.6 Å². The van der Waals surface area contributed by atoms with Crippen LogP contribution in [0, 0.1) is 0 Å². The van der Waals surface area contributed by atoms with E-state index in [1.54, 1.807) is 19.2 Å². The van der Waals surface area contributed by atoms with E-state index in [0.717, 1.165) is 11.3 Å². The molecule has 0 amide bonds. The number of benzene rings is 2. The number of hydrogen-bond donors (Lipinski definition) is 2. The van der Waals surface area contributed by atoms with Crippen molar-refractivity contribution in [2.45, 2.75) is 11.4 Å². The Balaban J connectivity index is 2.07. The van der Waals surface area contributed by atoms with Crippen LogP contribution < -0.4 is 15.2 Å². The van der Waals surface area contributed by atoms with Gasteiger partial charge in [-0.2, -0.15) is 0 Å². The summed E-state index contributed by atoms with van der Waals surface area (Å²) in [5.74, 6) is 0.796.